The van der Waals surface area contributed by atoms with E-state index in [-0.39, 0.29) is 10.9 Å². The van der Waals surface area contributed by atoms with Gasteiger partial charge >= 0.3 is 5.97 Å². The summed E-state index contributed by atoms with van der Waals surface area (Å²) in [6, 6.07) is 6.05. The molecule has 0 bridgehead atoms. The fourth-order valence-electron chi connectivity index (χ4n) is 2.16. The van der Waals surface area contributed by atoms with E-state index in [0.717, 1.165) is 12.5 Å². The number of carbonyl (C=O) groups is 1. The summed E-state index contributed by atoms with van der Waals surface area (Å²) in [4.78, 5) is 10.6. The third-order valence-corrected chi connectivity index (χ3v) is 4.95. The van der Waals surface area contributed by atoms with Crippen LogP contribution >= 0.6 is 0 Å². The number of benzene rings is 1. The molecule has 0 saturated heterocycles. The molecule has 2 N–H and O–H groups in total. The average molecular weight is 309 g/mol. The molecule has 0 aromatic heterocycles. The summed E-state index contributed by atoms with van der Waals surface area (Å²) in [6.07, 6.45) is 5.69. The van der Waals surface area contributed by atoms with Crippen LogP contribution in [0.15, 0.2) is 35.2 Å². The van der Waals surface area contributed by atoms with Crippen LogP contribution in [0.4, 0.5) is 0 Å². The molecule has 0 spiro atoms. The Balaban J connectivity index is 2.03. The van der Waals surface area contributed by atoms with Crippen molar-refractivity contribution >= 4 is 22.1 Å². The topological polar surface area (TPSA) is 83.5 Å². The normalized spacial score (nSPS) is 17.0. The molecule has 114 valence electrons. The maximum atomic E-state index is 12.2. The smallest absolute Gasteiger partial charge is 0.328 e. The van der Waals surface area contributed by atoms with Crippen LogP contribution in [0.5, 0.6) is 0 Å². The van der Waals surface area contributed by atoms with Crippen molar-refractivity contribution in [2.45, 2.75) is 37.1 Å². The van der Waals surface area contributed by atoms with Crippen molar-refractivity contribution in [1.82, 2.24) is 4.72 Å². The van der Waals surface area contributed by atoms with Crippen LogP contribution in [0.1, 0.15) is 31.7 Å². The molecule has 6 heteroatoms. The minimum Gasteiger partial charge on any atom is -0.478 e. The van der Waals surface area contributed by atoms with Crippen molar-refractivity contribution < 1.29 is 18.3 Å². The first-order chi connectivity index (χ1) is 9.87. The van der Waals surface area contributed by atoms with Crippen molar-refractivity contribution in [2.24, 2.45) is 5.92 Å². The fourth-order valence-corrected chi connectivity index (χ4v) is 3.42. The highest BCUT2D eigenvalue weighted by Gasteiger charge is 2.26. The third kappa shape index (κ3) is 4.99. The second-order valence-electron chi connectivity index (χ2n) is 5.44. The summed E-state index contributed by atoms with van der Waals surface area (Å²) in [5.41, 5.74) is 0.641. The van der Waals surface area contributed by atoms with E-state index in [1.807, 2.05) is 6.92 Å². The molecule has 1 atom stereocenters. The van der Waals surface area contributed by atoms with Crippen LogP contribution in [0.3, 0.4) is 0 Å². The van der Waals surface area contributed by atoms with Gasteiger partial charge in [0.2, 0.25) is 10.0 Å². The van der Waals surface area contributed by atoms with E-state index in [1.165, 1.54) is 31.1 Å². The molecular formula is C15H19NO4S. The first kappa shape index (κ1) is 15.7. The SMILES string of the molecule is CC(CC1CC1)NS(=O)(=O)c1ccc(C=CC(=O)O)cc1. The summed E-state index contributed by atoms with van der Waals surface area (Å²) in [5.74, 6) is -0.381. The van der Waals surface area contributed by atoms with Crippen LogP contribution in [0, 0.1) is 5.92 Å². The highest BCUT2D eigenvalue weighted by atomic mass is 32.2. The van der Waals surface area contributed by atoms with Crippen LogP contribution in [-0.4, -0.2) is 25.5 Å². The predicted octanol–water partition coefficient (Wildman–Crippen LogP) is 2.25. The number of hydrogen-bond acceptors (Lipinski definition) is 3. The molecule has 2 rings (SSSR count). The molecule has 0 amide bonds. The Morgan fingerprint density at radius 2 is 2.00 bits per heavy atom. The third-order valence-electron chi connectivity index (χ3n) is 3.35. The summed E-state index contributed by atoms with van der Waals surface area (Å²) in [7, 11) is -3.52. The van der Waals surface area contributed by atoms with E-state index in [4.69, 9.17) is 5.11 Å². The van der Waals surface area contributed by atoms with E-state index < -0.39 is 16.0 Å². The number of carboxylic acids is 1. The maximum Gasteiger partial charge on any atom is 0.328 e. The number of hydrogen-bond donors (Lipinski definition) is 2. The van der Waals surface area contributed by atoms with E-state index in [2.05, 4.69) is 4.72 Å². The van der Waals surface area contributed by atoms with Gasteiger partial charge in [-0.1, -0.05) is 25.0 Å². The largest absolute Gasteiger partial charge is 0.478 e. The first-order valence-electron chi connectivity index (χ1n) is 6.90. The molecule has 1 aliphatic rings. The van der Waals surface area contributed by atoms with Crippen LogP contribution < -0.4 is 4.72 Å². The van der Waals surface area contributed by atoms with Crippen molar-refractivity contribution in [3.63, 3.8) is 0 Å². The molecular weight excluding hydrogens is 290 g/mol. The van der Waals surface area contributed by atoms with Crippen molar-refractivity contribution in [2.75, 3.05) is 0 Å². The number of rotatable bonds is 7. The summed E-state index contributed by atoms with van der Waals surface area (Å²) < 4.78 is 27.1. The Morgan fingerprint density at radius 3 is 2.52 bits per heavy atom. The van der Waals surface area contributed by atoms with E-state index in [0.29, 0.717) is 11.5 Å². The van der Waals surface area contributed by atoms with Crippen molar-refractivity contribution in [3.8, 4) is 0 Å². The molecule has 5 nitrogen and oxygen atoms in total. The second kappa shape index (κ2) is 6.41. The highest BCUT2D eigenvalue weighted by molar-refractivity contribution is 7.89. The Bertz CT molecular complexity index is 630. The quantitative estimate of drug-likeness (QED) is 0.757. The van der Waals surface area contributed by atoms with E-state index >= 15 is 0 Å². The lowest BCUT2D eigenvalue weighted by Crippen LogP contribution is -2.32. The second-order valence-corrected chi connectivity index (χ2v) is 7.16. The van der Waals surface area contributed by atoms with Gasteiger partial charge < -0.3 is 5.11 Å². The molecule has 21 heavy (non-hydrogen) atoms. The number of aliphatic carboxylic acids is 1. The first-order valence-corrected chi connectivity index (χ1v) is 8.38. The number of carboxylic acid groups (broad SMARTS) is 1. The van der Waals surface area contributed by atoms with Crippen LogP contribution in [0.25, 0.3) is 6.08 Å². The number of sulfonamides is 1. The monoisotopic (exact) mass is 309 g/mol. The summed E-state index contributed by atoms with van der Waals surface area (Å²) in [5, 5.41) is 8.54. The molecule has 1 aromatic rings. The van der Waals surface area contributed by atoms with E-state index in [1.54, 1.807) is 12.1 Å². The van der Waals surface area contributed by atoms with Crippen LogP contribution in [0.2, 0.25) is 0 Å². The minimum atomic E-state index is -3.52. The van der Waals surface area contributed by atoms with Crippen molar-refractivity contribution in [3.05, 3.63) is 35.9 Å². The molecule has 0 aliphatic heterocycles. The zero-order chi connectivity index (χ0) is 15.5. The molecule has 0 radical (unpaired) electrons. The van der Waals surface area contributed by atoms with Gasteiger partial charge in [-0.05, 0) is 43.0 Å². The van der Waals surface area contributed by atoms with Crippen molar-refractivity contribution in [1.29, 1.82) is 0 Å². The van der Waals surface area contributed by atoms with Gasteiger partial charge in [0.05, 0.1) is 4.90 Å². The summed E-state index contributed by atoms with van der Waals surface area (Å²) in [6.45, 7) is 1.87. The zero-order valence-electron chi connectivity index (χ0n) is 11.8. The summed E-state index contributed by atoms with van der Waals surface area (Å²) >= 11 is 0. The predicted molar refractivity (Wildman–Crippen MR) is 80.2 cm³/mol. The zero-order valence-corrected chi connectivity index (χ0v) is 12.6. The maximum absolute atomic E-state index is 12.2. The lowest BCUT2D eigenvalue weighted by molar-refractivity contribution is -0.131. The van der Waals surface area contributed by atoms with Gasteiger partial charge in [0.15, 0.2) is 0 Å². The molecule has 1 fully saturated rings. The molecule has 1 saturated carbocycles. The Morgan fingerprint density at radius 1 is 1.38 bits per heavy atom. The van der Waals surface area contributed by atoms with Gasteiger partial charge in [-0.25, -0.2) is 17.9 Å². The van der Waals surface area contributed by atoms with Gasteiger partial charge in [0.25, 0.3) is 0 Å². The fraction of sp³-hybridized carbons (Fsp3) is 0.400. The van der Waals surface area contributed by atoms with Gasteiger partial charge in [0, 0.05) is 12.1 Å². The Labute approximate surface area is 124 Å². The van der Waals surface area contributed by atoms with Crippen LogP contribution in [-0.2, 0) is 14.8 Å². The Hall–Kier alpha value is -1.66. The molecule has 1 aromatic carbocycles. The van der Waals surface area contributed by atoms with Gasteiger partial charge in [0.1, 0.15) is 0 Å². The average Bonchev–Trinajstić information content (AvgIpc) is 3.20. The Kier molecular flexibility index (Phi) is 4.80. The molecule has 0 heterocycles. The van der Waals surface area contributed by atoms with E-state index in [9.17, 15) is 13.2 Å². The highest BCUT2D eigenvalue weighted by Crippen LogP contribution is 2.33. The van der Waals surface area contributed by atoms with Gasteiger partial charge in [-0.2, -0.15) is 0 Å². The standard InChI is InChI=1S/C15H19NO4S/c1-11(10-13-2-3-13)16-21(19,20)14-7-4-12(5-8-14)6-9-15(17)18/h4-9,11,13,16H,2-3,10H2,1H3,(H,17,18). The van der Waals surface area contributed by atoms with Gasteiger partial charge in [-0.15, -0.1) is 0 Å². The minimum absolute atomic E-state index is 0.0749. The molecule has 1 aliphatic carbocycles. The lowest BCUT2D eigenvalue weighted by Gasteiger charge is -2.13. The molecule has 1 unspecified atom stereocenters. The lowest BCUT2D eigenvalue weighted by atomic mass is 10.2. The number of nitrogens with one attached hydrogen (secondary N) is 1. The van der Waals surface area contributed by atoms with Gasteiger partial charge in [-0.3, -0.25) is 0 Å².